The van der Waals surface area contributed by atoms with Crippen molar-refractivity contribution in [2.24, 2.45) is 5.10 Å². The van der Waals surface area contributed by atoms with Crippen LogP contribution in [0.1, 0.15) is 44.5 Å². The summed E-state index contributed by atoms with van der Waals surface area (Å²) < 4.78 is 12.1. The molecular weight excluding hydrogens is 544 g/mol. The van der Waals surface area contributed by atoms with Gasteiger partial charge in [0.2, 0.25) is 5.75 Å². The number of nitro groups is 1. The van der Waals surface area contributed by atoms with Crippen LogP contribution >= 0.6 is 27.5 Å². The second-order valence-electron chi connectivity index (χ2n) is 7.69. The minimum Gasteiger partial charge on any atom is -0.471 e. The number of benzene rings is 2. The highest BCUT2D eigenvalue weighted by molar-refractivity contribution is 9.10. The topological polar surface area (TPSA) is 126 Å². The zero-order chi connectivity index (χ0) is 25.9. The smallest absolute Gasteiger partial charge is 0.346 e. The van der Waals surface area contributed by atoms with Crippen LogP contribution in [-0.4, -0.2) is 40.0 Å². The van der Waals surface area contributed by atoms with Gasteiger partial charge in [-0.2, -0.15) is 9.78 Å². The Morgan fingerprint density at radius 3 is 2.69 bits per heavy atom. The van der Waals surface area contributed by atoms with Crippen molar-refractivity contribution in [1.82, 2.24) is 9.66 Å². The number of nitrogens with zero attached hydrogens (tertiary/aromatic N) is 4. The highest BCUT2D eigenvalue weighted by Crippen LogP contribution is 2.34. The van der Waals surface area contributed by atoms with E-state index in [-0.39, 0.29) is 22.3 Å². The van der Waals surface area contributed by atoms with Crippen LogP contribution in [0.25, 0.3) is 10.9 Å². The molecule has 184 valence electrons. The van der Waals surface area contributed by atoms with Crippen molar-refractivity contribution in [3.8, 4) is 5.75 Å². The first-order chi connectivity index (χ1) is 16.6. The molecule has 0 aliphatic carbocycles. The normalized spacial score (nSPS) is 13.1. The molecule has 0 spiro atoms. The molecule has 2 atom stereocenters. The molecule has 0 aliphatic rings. The Kier molecular flexibility index (Phi) is 8.23. The second kappa shape index (κ2) is 11.0. The van der Waals surface area contributed by atoms with Gasteiger partial charge in [0.15, 0.2) is 6.10 Å². The average molecular weight is 566 g/mol. The minimum atomic E-state index is -1.15. The van der Waals surface area contributed by atoms with Crippen molar-refractivity contribution in [3.63, 3.8) is 0 Å². The lowest BCUT2D eigenvalue weighted by Crippen LogP contribution is -2.26. The van der Waals surface area contributed by atoms with Gasteiger partial charge in [-0.3, -0.25) is 14.9 Å². The van der Waals surface area contributed by atoms with Crippen LogP contribution in [0.2, 0.25) is 5.02 Å². The molecule has 3 aromatic rings. The summed E-state index contributed by atoms with van der Waals surface area (Å²) in [6.07, 6.45) is 0.763. The maximum atomic E-state index is 13.3. The van der Waals surface area contributed by atoms with Gasteiger partial charge in [0.25, 0.3) is 5.56 Å². The number of aromatic nitrogens is 2. The van der Waals surface area contributed by atoms with Gasteiger partial charge in [0.1, 0.15) is 5.82 Å². The van der Waals surface area contributed by atoms with E-state index < -0.39 is 28.2 Å². The lowest BCUT2D eigenvalue weighted by atomic mass is 10.1. The number of hydrogen-bond donors (Lipinski definition) is 0. The number of ether oxygens (including phenoxy) is 2. The van der Waals surface area contributed by atoms with Crippen LogP contribution in [0, 0.1) is 10.1 Å². The Morgan fingerprint density at radius 1 is 1.34 bits per heavy atom. The molecule has 12 heteroatoms. The van der Waals surface area contributed by atoms with E-state index in [4.69, 9.17) is 16.3 Å². The van der Waals surface area contributed by atoms with E-state index in [1.807, 2.05) is 13.8 Å². The summed E-state index contributed by atoms with van der Waals surface area (Å²) in [5, 5.41) is 16.4. The van der Waals surface area contributed by atoms with Crippen molar-refractivity contribution >= 4 is 56.3 Å². The first-order valence-electron chi connectivity index (χ1n) is 10.6. The van der Waals surface area contributed by atoms with Crippen molar-refractivity contribution in [2.45, 2.75) is 39.2 Å². The van der Waals surface area contributed by atoms with E-state index in [0.717, 1.165) is 10.7 Å². The number of methoxy groups -OCH3 is 1. The molecule has 0 N–H and O–H groups in total. The van der Waals surface area contributed by atoms with Gasteiger partial charge in [-0.1, -0.05) is 41.4 Å². The zero-order valence-electron chi connectivity index (χ0n) is 19.3. The maximum absolute atomic E-state index is 13.3. The minimum absolute atomic E-state index is 0.0475. The third-order valence-electron chi connectivity index (χ3n) is 5.29. The summed E-state index contributed by atoms with van der Waals surface area (Å²) in [6, 6.07) is 7.66. The van der Waals surface area contributed by atoms with Gasteiger partial charge < -0.3 is 9.47 Å². The third-order valence-corrected chi connectivity index (χ3v) is 6.00. The molecule has 0 amide bonds. The lowest BCUT2D eigenvalue weighted by molar-refractivity contribution is -0.386. The number of carbonyl (C=O) groups is 1. The Morgan fingerprint density at radius 2 is 2.06 bits per heavy atom. The predicted molar refractivity (Wildman–Crippen MR) is 136 cm³/mol. The molecule has 0 unspecified atom stereocenters. The molecular formula is C23H22BrClN4O6. The molecule has 0 radical (unpaired) electrons. The standard InChI is InChI=1S/C23H22BrClN4O6/c1-5-12(2)21-27-18-7-6-15(24)9-17(18)22(30)28(21)26-11-14-8-16(25)10-19(29(32)33)20(14)35-13(3)23(31)34-4/h6-13H,5H2,1-4H3/t12-,13-/m0/s1. The summed E-state index contributed by atoms with van der Waals surface area (Å²) >= 11 is 9.47. The van der Waals surface area contributed by atoms with E-state index in [2.05, 4.69) is 30.8 Å². The van der Waals surface area contributed by atoms with Crippen molar-refractivity contribution < 1.29 is 19.2 Å². The van der Waals surface area contributed by atoms with Crippen LogP contribution in [0.5, 0.6) is 5.75 Å². The highest BCUT2D eigenvalue weighted by atomic mass is 79.9. The molecule has 10 nitrogen and oxygen atoms in total. The Labute approximate surface area is 213 Å². The summed E-state index contributed by atoms with van der Waals surface area (Å²) in [5.41, 5.74) is -0.264. The van der Waals surface area contributed by atoms with Gasteiger partial charge >= 0.3 is 11.7 Å². The first kappa shape index (κ1) is 26.3. The van der Waals surface area contributed by atoms with Crippen molar-refractivity contribution in [1.29, 1.82) is 0 Å². The van der Waals surface area contributed by atoms with Crippen molar-refractivity contribution in [3.05, 3.63) is 71.7 Å². The zero-order valence-corrected chi connectivity index (χ0v) is 21.7. The summed E-state index contributed by atoms with van der Waals surface area (Å²) in [7, 11) is 1.18. The van der Waals surface area contributed by atoms with E-state index in [1.54, 1.807) is 18.2 Å². The van der Waals surface area contributed by atoms with Crippen LogP contribution in [0.15, 0.2) is 44.7 Å². The quantitative estimate of drug-likeness (QED) is 0.162. The molecule has 0 aliphatic heterocycles. The Balaban J connectivity index is 2.23. The average Bonchev–Trinajstić information content (AvgIpc) is 2.83. The molecule has 3 rings (SSSR count). The number of esters is 1. The lowest BCUT2D eigenvalue weighted by Gasteiger charge is -2.16. The molecule has 0 saturated heterocycles. The number of hydrogen-bond acceptors (Lipinski definition) is 8. The summed E-state index contributed by atoms with van der Waals surface area (Å²) in [5.74, 6) is -0.658. The van der Waals surface area contributed by atoms with E-state index in [1.165, 1.54) is 26.3 Å². The van der Waals surface area contributed by atoms with Gasteiger partial charge in [0, 0.05) is 27.0 Å². The van der Waals surface area contributed by atoms with Crippen LogP contribution in [0.4, 0.5) is 5.69 Å². The molecule has 2 aromatic carbocycles. The summed E-state index contributed by atoms with van der Waals surface area (Å²) in [4.78, 5) is 40.8. The molecule has 0 saturated carbocycles. The first-order valence-corrected chi connectivity index (χ1v) is 11.7. The number of carbonyl (C=O) groups excluding carboxylic acids is 1. The SMILES string of the molecule is CC[C@H](C)c1nc2ccc(Br)cc2c(=O)n1N=Cc1cc(Cl)cc([N+](=O)[O-])c1O[C@@H](C)C(=O)OC. The Bertz CT molecular complexity index is 1390. The van der Waals surface area contributed by atoms with Crippen molar-refractivity contribution in [2.75, 3.05) is 7.11 Å². The second-order valence-corrected chi connectivity index (χ2v) is 9.04. The van der Waals surface area contributed by atoms with Crippen LogP contribution < -0.4 is 10.3 Å². The fourth-order valence-corrected chi connectivity index (χ4v) is 3.83. The maximum Gasteiger partial charge on any atom is 0.346 e. The molecule has 1 aromatic heterocycles. The Hall–Kier alpha value is -3.31. The van der Waals surface area contributed by atoms with Crippen LogP contribution in [-0.2, 0) is 9.53 Å². The van der Waals surface area contributed by atoms with Crippen LogP contribution in [0.3, 0.4) is 0 Å². The van der Waals surface area contributed by atoms with E-state index in [0.29, 0.717) is 27.6 Å². The van der Waals surface area contributed by atoms with Gasteiger partial charge in [0.05, 0.1) is 29.2 Å². The summed E-state index contributed by atoms with van der Waals surface area (Å²) in [6.45, 7) is 5.26. The number of nitro benzene ring substituents is 1. The number of rotatable bonds is 8. The molecule has 0 bridgehead atoms. The fourth-order valence-electron chi connectivity index (χ4n) is 3.25. The van der Waals surface area contributed by atoms with E-state index in [9.17, 15) is 19.7 Å². The predicted octanol–water partition coefficient (Wildman–Crippen LogP) is 5.06. The number of halogens is 2. The van der Waals surface area contributed by atoms with Gasteiger partial charge in [-0.15, -0.1) is 0 Å². The molecule has 0 fully saturated rings. The number of fused-ring (bicyclic) bond motifs is 1. The van der Waals surface area contributed by atoms with E-state index >= 15 is 0 Å². The third kappa shape index (κ3) is 5.68. The van der Waals surface area contributed by atoms with Gasteiger partial charge in [-0.05, 0) is 37.6 Å². The fraction of sp³-hybridized carbons (Fsp3) is 0.304. The monoisotopic (exact) mass is 564 g/mol. The molecule has 1 heterocycles. The molecule has 35 heavy (non-hydrogen) atoms. The highest BCUT2D eigenvalue weighted by Gasteiger charge is 2.25. The largest absolute Gasteiger partial charge is 0.471 e. The van der Waals surface area contributed by atoms with Gasteiger partial charge in [-0.25, -0.2) is 9.78 Å².